The smallest absolute Gasteiger partial charge is 0.136 e. The predicted molar refractivity (Wildman–Crippen MR) is 71.7 cm³/mol. The van der Waals surface area contributed by atoms with Gasteiger partial charge >= 0.3 is 0 Å². The monoisotopic (exact) mass is 253 g/mol. The van der Waals surface area contributed by atoms with Crippen molar-refractivity contribution in [2.75, 3.05) is 0 Å². The first-order chi connectivity index (χ1) is 8.00. The van der Waals surface area contributed by atoms with E-state index < -0.39 is 0 Å². The Morgan fingerprint density at radius 2 is 2.06 bits per heavy atom. The van der Waals surface area contributed by atoms with Gasteiger partial charge in [0.2, 0.25) is 0 Å². The van der Waals surface area contributed by atoms with E-state index in [9.17, 15) is 4.39 Å². The predicted octanol–water partition coefficient (Wildman–Crippen LogP) is 3.82. The molecule has 0 radical (unpaired) electrons. The van der Waals surface area contributed by atoms with E-state index >= 15 is 0 Å². The van der Waals surface area contributed by atoms with Crippen molar-refractivity contribution in [2.24, 2.45) is 11.1 Å². The van der Waals surface area contributed by atoms with Crippen LogP contribution in [0.3, 0.4) is 0 Å². The van der Waals surface area contributed by atoms with E-state index in [1.807, 2.05) is 12.1 Å². The molecule has 0 bridgehead atoms. The minimum Gasteiger partial charge on any atom is -0.326 e. The largest absolute Gasteiger partial charge is 0.326 e. The molecule has 1 aliphatic carbocycles. The number of thioether (sulfide) groups is 1. The van der Waals surface area contributed by atoms with E-state index in [0.717, 1.165) is 11.3 Å². The summed E-state index contributed by atoms with van der Waals surface area (Å²) in [5.41, 5.74) is 6.48. The molecule has 1 saturated carbocycles. The lowest BCUT2D eigenvalue weighted by atomic mass is 9.73. The van der Waals surface area contributed by atoms with E-state index in [2.05, 4.69) is 13.8 Å². The molecule has 2 unspecified atom stereocenters. The standard InChI is InChI=1S/C14H20FNS/c1-14(2)9-5-8-12(13(14)16)17-11-7-4-3-6-10(11)15/h3-4,6-7,12-13H,5,8-9,16H2,1-2H3. The van der Waals surface area contributed by atoms with Crippen molar-refractivity contribution in [3.05, 3.63) is 30.1 Å². The van der Waals surface area contributed by atoms with Gasteiger partial charge in [0.15, 0.2) is 0 Å². The molecule has 2 atom stereocenters. The zero-order valence-electron chi connectivity index (χ0n) is 10.4. The number of hydrogen-bond acceptors (Lipinski definition) is 2. The van der Waals surface area contributed by atoms with Crippen LogP contribution in [0.2, 0.25) is 0 Å². The number of halogens is 1. The highest BCUT2D eigenvalue weighted by Gasteiger charge is 2.37. The van der Waals surface area contributed by atoms with Gasteiger partial charge < -0.3 is 5.73 Å². The van der Waals surface area contributed by atoms with Crippen LogP contribution in [0.5, 0.6) is 0 Å². The van der Waals surface area contributed by atoms with Crippen LogP contribution in [0.25, 0.3) is 0 Å². The normalized spacial score (nSPS) is 28.0. The lowest BCUT2D eigenvalue weighted by Crippen LogP contribution is -2.48. The van der Waals surface area contributed by atoms with Crippen LogP contribution >= 0.6 is 11.8 Å². The van der Waals surface area contributed by atoms with Gasteiger partial charge in [0.1, 0.15) is 5.82 Å². The molecular weight excluding hydrogens is 233 g/mol. The average molecular weight is 253 g/mol. The van der Waals surface area contributed by atoms with Gasteiger partial charge in [-0.25, -0.2) is 4.39 Å². The Hall–Kier alpha value is -0.540. The second kappa shape index (κ2) is 4.99. The summed E-state index contributed by atoms with van der Waals surface area (Å²) in [7, 11) is 0. The molecule has 0 saturated heterocycles. The Morgan fingerprint density at radius 3 is 2.76 bits per heavy atom. The van der Waals surface area contributed by atoms with Gasteiger partial charge in [-0.15, -0.1) is 11.8 Å². The summed E-state index contributed by atoms with van der Waals surface area (Å²) >= 11 is 1.60. The van der Waals surface area contributed by atoms with Gasteiger partial charge in [-0.2, -0.15) is 0 Å². The summed E-state index contributed by atoms with van der Waals surface area (Å²) in [5, 5.41) is 0.329. The fraction of sp³-hybridized carbons (Fsp3) is 0.571. The lowest BCUT2D eigenvalue weighted by Gasteiger charge is -2.41. The van der Waals surface area contributed by atoms with E-state index in [1.54, 1.807) is 17.8 Å². The number of benzene rings is 1. The molecule has 1 aromatic carbocycles. The quantitative estimate of drug-likeness (QED) is 0.867. The van der Waals surface area contributed by atoms with E-state index in [1.165, 1.54) is 18.9 Å². The van der Waals surface area contributed by atoms with Crippen molar-refractivity contribution in [3.63, 3.8) is 0 Å². The zero-order chi connectivity index (χ0) is 12.5. The van der Waals surface area contributed by atoms with Crippen LogP contribution in [0.1, 0.15) is 33.1 Å². The zero-order valence-corrected chi connectivity index (χ0v) is 11.3. The topological polar surface area (TPSA) is 26.0 Å². The Labute approximate surface area is 107 Å². The number of hydrogen-bond donors (Lipinski definition) is 1. The highest BCUT2D eigenvalue weighted by Crippen LogP contribution is 2.42. The van der Waals surface area contributed by atoms with Crippen molar-refractivity contribution < 1.29 is 4.39 Å². The summed E-state index contributed by atoms with van der Waals surface area (Å²) in [6.45, 7) is 4.43. The molecule has 3 heteroatoms. The van der Waals surface area contributed by atoms with Crippen LogP contribution < -0.4 is 5.73 Å². The van der Waals surface area contributed by atoms with Crippen molar-refractivity contribution in [1.82, 2.24) is 0 Å². The molecule has 0 amide bonds. The molecule has 94 valence electrons. The maximum atomic E-state index is 13.6. The van der Waals surface area contributed by atoms with Crippen molar-refractivity contribution in [1.29, 1.82) is 0 Å². The SMILES string of the molecule is CC1(C)CCCC(Sc2ccccc2F)C1N. The molecule has 0 heterocycles. The molecule has 0 aliphatic heterocycles. The highest BCUT2D eigenvalue weighted by molar-refractivity contribution is 8.00. The van der Waals surface area contributed by atoms with Crippen LogP contribution in [0, 0.1) is 11.2 Å². The Balaban J connectivity index is 2.11. The molecule has 2 rings (SSSR count). The number of rotatable bonds is 2. The fourth-order valence-electron chi connectivity index (χ4n) is 2.44. The van der Waals surface area contributed by atoms with Gasteiger partial charge in [0.05, 0.1) is 0 Å². The third-order valence-electron chi connectivity index (χ3n) is 3.73. The van der Waals surface area contributed by atoms with E-state index in [0.29, 0.717) is 5.25 Å². The maximum absolute atomic E-state index is 13.6. The van der Waals surface area contributed by atoms with Crippen molar-refractivity contribution >= 4 is 11.8 Å². The highest BCUT2D eigenvalue weighted by atomic mass is 32.2. The third-order valence-corrected chi connectivity index (χ3v) is 5.14. The first-order valence-corrected chi connectivity index (χ1v) is 7.05. The molecular formula is C14H20FNS. The summed E-state index contributed by atoms with van der Waals surface area (Å²) < 4.78 is 13.6. The average Bonchev–Trinajstić information content (AvgIpc) is 2.28. The molecule has 0 spiro atoms. The Kier molecular flexibility index (Phi) is 3.79. The van der Waals surface area contributed by atoms with Crippen LogP contribution in [-0.2, 0) is 0 Å². The van der Waals surface area contributed by atoms with Crippen LogP contribution in [0.4, 0.5) is 4.39 Å². The van der Waals surface area contributed by atoms with E-state index in [-0.39, 0.29) is 17.3 Å². The number of nitrogens with two attached hydrogens (primary N) is 1. The van der Waals surface area contributed by atoms with Crippen molar-refractivity contribution in [2.45, 2.75) is 49.3 Å². The fourth-order valence-corrected chi connectivity index (χ4v) is 3.91. The van der Waals surface area contributed by atoms with Crippen LogP contribution in [0.15, 0.2) is 29.2 Å². The minimum absolute atomic E-state index is 0.131. The first-order valence-electron chi connectivity index (χ1n) is 6.17. The minimum atomic E-state index is -0.131. The second-order valence-electron chi connectivity index (χ2n) is 5.49. The summed E-state index contributed by atoms with van der Waals surface area (Å²) in [5.74, 6) is -0.131. The third kappa shape index (κ3) is 2.83. The second-order valence-corrected chi connectivity index (χ2v) is 6.77. The molecule has 2 N–H and O–H groups in total. The van der Waals surface area contributed by atoms with Gasteiger partial charge in [-0.05, 0) is 30.4 Å². The molecule has 17 heavy (non-hydrogen) atoms. The molecule has 1 fully saturated rings. The van der Waals surface area contributed by atoms with Crippen molar-refractivity contribution in [3.8, 4) is 0 Å². The molecule has 1 aliphatic rings. The summed E-state index contributed by atoms with van der Waals surface area (Å²) in [4.78, 5) is 0.727. The lowest BCUT2D eigenvalue weighted by molar-refractivity contribution is 0.208. The summed E-state index contributed by atoms with van der Waals surface area (Å²) in [6, 6.07) is 7.10. The van der Waals surface area contributed by atoms with Gasteiger partial charge in [-0.3, -0.25) is 0 Å². The Bertz CT molecular complexity index is 392. The molecule has 0 aromatic heterocycles. The van der Waals surface area contributed by atoms with Gasteiger partial charge in [0.25, 0.3) is 0 Å². The summed E-state index contributed by atoms with van der Waals surface area (Å²) in [6.07, 6.45) is 3.44. The maximum Gasteiger partial charge on any atom is 0.136 e. The molecule has 1 aromatic rings. The first kappa shape index (κ1) is 12.9. The van der Waals surface area contributed by atoms with E-state index in [4.69, 9.17) is 5.73 Å². The Morgan fingerprint density at radius 1 is 1.35 bits per heavy atom. The molecule has 1 nitrogen and oxygen atoms in total. The van der Waals surface area contributed by atoms with Gasteiger partial charge in [0, 0.05) is 16.2 Å². The van der Waals surface area contributed by atoms with Gasteiger partial charge in [-0.1, -0.05) is 32.4 Å². The van der Waals surface area contributed by atoms with Crippen LogP contribution in [-0.4, -0.2) is 11.3 Å².